The van der Waals surface area contributed by atoms with Gasteiger partial charge in [-0.05, 0) is 59.5 Å². The van der Waals surface area contributed by atoms with Gasteiger partial charge in [0.05, 0.1) is 10.0 Å². The van der Waals surface area contributed by atoms with Crippen LogP contribution < -0.4 is 5.32 Å². The third kappa shape index (κ3) is 7.11. The molecule has 2 amide bonds. The Bertz CT molecular complexity index is 1210. The number of benzene rings is 4. The molecule has 0 unspecified atom stereocenters. The molecule has 35 heavy (non-hydrogen) atoms. The molecule has 4 rings (SSSR count). The summed E-state index contributed by atoms with van der Waals surface area (Å²) in [6, 6.07) is 33.7. The molecule has 0 heterocycles. The van der Waals surface area contributed by atoms with Gasteiger partial charge in [-0.1, -0.05) is 106 Å². The smallest absolute Gasteiger partial charge is 0.320 e. The standard InChI is InChI=1S/C29H25BrCl2N2O/c30-24-12-14-25(15-13-24)33-29(35)34(20-21-11-16-27(31)28(32)19-21)18-17-26(22-7-3-1-4-8-22)23-9-5-2-6-10-23/h1-16,19,26H,17-18,20H2,(H,33,35). The van der Waals surface area contributed by atoms with Crippen LogP contribution in [0.5, 0.6) is 0 Å². The molecule has 0 fully saturated rings. The van der Waals surface area contributed by atoms with Gasteiger partial charge in [0.15, 0.2) is 0 Å². The fourth-order valence-electron chi connectivity index (χ4n) is 4.03. The van der Waals surface area contributed by atoms with Gasteiger partial charge in [-0.2, -0.15) is 0 Å². The van der Waals surface area contributed by atoms with Crippen molar-refractivity contribution in [3.8, 4) is 0 Å². The van der Waals surface area contributed by atoms with Crippen LogP contribution in [-0.2, 0) is 6.54 Å². The zero-order chi connectivity index (χ0) is 24.6. The Kier molecular flexibility index (Phi) is 8.86. The molecule has 4 aromatic rings. The van der Waals surface area contributed by atoms with E-state index in [4.69, 9.17) is 23.2 Å². The first-order valence-electron chi connectivity index (χ1n) is 11.3. The van der Waals surface area contributed by atoms with Gasteiger partial charge < -0.3 is 10.2 Å². The van der Waals surface area contributed by atoms with E-state index >= 15 is 0 Å². The van der Waals surface area contributed by atoms with Gasteiger partial charge in [-0.25, -0.2) is 4.79 Å². The summed E-state index contributed by atoms with van der Waals surface area (Å²) in [4.78, 5) is 15.2. The number of halogens is 3. The number of carbonyl (C=O) groups is 1. The second-order valence-electron chi connectivity index (χ2n) is 8.27. The van der Waals surface area contributed by atoms with Gasteiger partial charge in [0, 0.05) is 29.2 Å². The molecule has 0 aliphatic carbocycles. The van der Waals surface area contributed by atoms with E-state index < -0.39 is 0 Å². The van der Waals surface area contributed by atoms with Crippen LogP contribution in [0.4, 0.5) is 10.5 Å². The number of nitrogens with one attached hydrogen (secondary N) is 1. The van der Waals surface area contributed by atoms with Crippen molar-refractivity contribution in [2.75, 3.05) is 11.9 Å². The Morgan fingerprint density at radius 1 is 0.800 bits per heavy atom. The van der Waals surface area contributed by atoms with Gasteiger partial charge in [0.25, 0.3) is 0 Å². The summed E-state index contributed by atoms with van der Waals surface area (Å²) in [6.07, 6.45) is 0.767. The van der Waals surface area contributed by atoms with E-state index in [2.05, 4.69) is 69.8 Å². The number of hydrogen-bond donors (Lipinski definition) is 1. The van der Waals surface area contributed by atoms with Crippen LogP contribution >= 0.6 is 39.1 Å². The van der Waals surface area contributed by atoms with E-state index in [0.29, 0.717) is 23.1 Å². The molecule has 0 aliphatic rings. The van der Waals surface area contributed by atoms with Crippen molar-refractivity contribution in [1.29, 1.82) is 0 Å². The van der Waals surface area contributed by atoms with Crippen molar-refractivity contribution in [2.45, 2.75) is 18.9 Å². The zero-order valence-corrected chi connectivity index (χ0v) is 22.1. The second kappa shape index (κ2) is 12.3. The summed E-state index contributed by atoms with van der Waals surface area (Å²) in [5.74, 6) is 0.161. The number of carbonyl (C=O) groups excluding carboxylic acids is 1. The molecule has 0 atom stereocenters. The van der Waals surface area contributed by atoms with Gasteiger partial charge in [0.2, 0.25) is 0 Å². The maximum atomic E-state index is 13.4. The molecule has 0 aromatic heterocycles. The maximum Gasteiger partial charge on any atom is 0.322 e. The molecule has 3 nitrogen and oxygen atoms in total. The lowest BCUT2D eigenvalue weighted by atomic mass is 9.88. The van der Waals surface area contributed by atoms with Crippen molar-refractivity contribution >= 4 is 50.9 Å². The average Bonchev–Trinajstić information content (AvgIpc) is 2.88. The first kappa shape index (κ1) is 25.3. The normalized spacial score (nSPS) is 10.9. The lowest BCUT2D eigenvalue weighted by molar-refractivity contribution is 0.207. The Morgan fingerprint density at radius 3 is 1.97 bits per heavy atom. The molecule has 0 radical (unpaired) electrons. The third-order valence-corrected chi connectivity index (χ3v) is 7.10. The Balaban J connectivity index is 1.58. The molecule has 0 saturated heterocycles. The minimum Gasteiger partial charge on any atom is -0.320 e. The van der Waals surface area contributed by atoms with Crippen LogP contribution in [0.3, 0.4) is 0 Å². The molecule has 0 aliphatic heterocycles. The minimum absolute atomic E-state index is 0.161. The lowest BCUT2D eigenvalue weighted by Crippen LogP contribution is -2.36. The number of urea groups is 1. The van der Waals surface area contributed by atoms with Gasteiger partial charge in [0.1, 0.15) is 0 Å². The topological polar surface area (TPSA) is 32.3 Å². The first-order valence-corrected chi connectivity index (χ1v) is 12.9. The highest BCUT2D eigenvalue weighted by Crippen LogP contribution is 2.29. The summed E-state index contributed by atoms with van der Waals surface area (Å²) >= 11 is 15.8. The first-order chi connectivity index (χ1) is 17.0. The lowest BCUT2D eigenvalue weighted by Gasteiger charge is -2.26. The summed E-state index contributed by atoms with van der Waals surface area (Å²) in [5, 5.41) is 4.00. The monoisotopic (exact) mass is 566 g/mol. The summed E-state index contributed by atoms with van der Waals surface area (Å²) in [7, 11) is 0. The van der Waals surface area contributed by atoms with Crippen LogP contribution in [0.2, 0.25) is 10.0 Å². The molecule has 0 spiro atoms. The van der Waals surface area contributed by atoms with Crippen molar-refractivity contribution in [3.63, 3.8) is 0 Å². The molecule has 4 aromatic carbocycles. The van der Waals surface area contributed by atoms with E-state index in [-0.39, 0.29) is 11.9 Å². The predicted molar refractivity (Wildman–Crippen MR) is 149 cm³/mol. The number of amides is 2. The van der Waals surface area contributed by atoms with Gasteiger partial charge in [-0.15, -0.1) is 0 Å². The van der Waals surface area contributed by atoms with Crippen molar-refractivity contribution in [1.82, 2.24) is 4.90 Å². The van der Waals surface area contributed by atoms with Crippen molar-refractivity contribution in [2.24, 2.45) is 0 Å². The quantitative estimate of drug-likeness (QED) is 0.226. The summed E-state index contributed by atoms with van der Waals surface area (Å²) < 4.78 is 0.955. The van der Waals surface area contributed by atoms with Gasteiger partial charge in [-0.3, -0.25) is 0 Å². The van der Waals surface area contributed by atoms with Gasteiger partial charge >= 0.3 is 6.03 Å². The highest BCUT2D eigenvalue weighted by atomic mass is 79.9. The average molecular weight is 568 g/mol. The van der Waals surface area contributed by atoms with E-state index in [1.54, 1.807) is 6.07 Å². The number of hydrogen-bond acceptors (Lipinski definition) is 1. The van der Waals surface area contributed by atoms with E-state index in [9.17, 15) is 4.79 Å². The number of anilines is 1. The zero-order valence-electron chi connectivity index (χ0n) is 19.0. The van der Waals surface area contributed by atoms with Crippen molar-refractivity contribution in [3.05, 3.63) is 134 Å². The van der Waals surface area contributed by atoms with E-state index in [1.807, 2.05) is 53.4 Å². The fraction of sp³-hybridized carbons (Fsp3) is 0.138. The van der Waals surface area contributed by atoms with E-state index in [1.165, 1.54) is 11.1 Å². The van der Waals surface area contributed by atoms with Crippen LogP contribution in [0.15, 0.2) is 108 Å². The molecular formula is C29H25BrCl2N2O. The Labute approximate surface area is 224 Å². The molecule has 0 saturated carbocycles. The van der Waals surface area contributed by atoms with Crippen LogP contribution in [0.1, 0.15) is 29.0 Å². The van der Waals surface area contributed by atoms with Crippen LogP contribution in [0.25, 0.3) is 0 Å². The maximum absolute atomic E-state index is 13.4. The summed E-state index contributed by atoms with van der Waals surface area (Å²) in [6.45, 7) is 0.965. The predicted octanol–water partition coefficient (Wildman–Crippen LogP) is 9.01. The highest BCUT2D eigenvalue weighted by Gasteiger charge is 2.20. The minimum atomic E-state index is -0.168. The Hall–Kier alpha value is -2.79. The van der Waals surface area contributed by atoms with Crippen molar-refractivity contribution < 1.29 is 4.79 Å². The van der Waals surface area contributed by atoms with E-state index in [0.717, 1.165) is 22.1 Å². The van der Waals surface area contributed by atoms with Crippen LogP contribution in [0, 0.1) is 0 Å². The molecule has 6 heteroatoms. The molecule has 0 bridgehead atoms. The SMILES string of the molecule is O=C(Nc1ccc(Br)cc1)N(CCC(c1ccccc1)c1ccccc1)Cc1ccc(Cl)c(Cl)c1. The number of nitrogens with zero attached hydrogens (tertiary/aromatic N) is 1. The third-order valence-electron chi connectivity index (χ3n) is 5.83. The van der Waals surface area contributed by atoms with Crippen LogP contribution in [-0.4, -0.2) is 17.5 Å². The number of rotatable bonds is 8. The summed E-state index contributed by atoms with van der Waals surface area (Å²) in [5.41, 5.74) is 4.10. The molecule has 1 N–H and O–H groups in total. The fourth-order valence-corrected chi connectivity index (χ4v) is 4.61. The Morgan fingerprint density at radius 2 is 1.40 bits per heavy atom. The molecular weight excluding hydrogens is 543 g/mol. The largest absolute Gasteiger partial charge is 0.322 e. The molecule has 178 valence electrons. The second-order valence-corrected chi connectivity index (χ2v) is 10.00. The highest BCUT2D eigenvalue weighted by molar-refractivity contribution is 9.10.